The second kappa shape index (κ2) is 4.33. The molecular formula is C10H9N5. The molecule has 15 heavy (non-hydrogen) atoms. The van der Waals surface area contributed by atoms with E-state index in [1.54, 1.807) is 23.4 Å². The molecule has 2 aromatic heterocycles. The van der Waals surface area contributed by atoms with Crippen molar-refractivity contribution in [2.75, 3.05) is 0 Å². The third-order valence-electron chi connectivity index (χ3n) is 2.02. The molecule has 0 atom stereocenters. The lowest BCUT2D eigenvalue weighted by atomic mass is 10.2. The monoisotopic (exact) mass is 199 g/mol. The van der Waals surface area contributed by atoms with Crippen molar-refractivity contribution in [2.24, 2.45) is 0 Å². The molecular weight excluding hydrogens is 190 g/mol. The number of rotatable bonds is 3. The lowest BCUT2D eigenvalue weighted by Gasteiger charge is -1.99. The van der Waals surface area contributed by atoms with Crippen LogP contribution in [0.25, 0.3) is 0 Å². The van der Waals surface area contributed by atoms with Crippen LogP contribution in [0.4, 0.5) is 0 Å². The average Bonchev–Trinajstić information content (AvgIpc) is 2.76. The highest BCUT2D eigenvalue weighted by Crippen LogP contribution is 1.99. The van der Waals surface area contributed by atoms with E-state index >= 15 is 0 Å². The molecule has 0 saturated carbocycles. The molecule has 0 aliphatic heterocycles. The number of hydrogen-bond acceptors (Lipinski definition) is 4. The maximum Gasteiger partial charge on any atom is 0.252 e. The lowest BCUT2D eigenvalue weighted by molar-refractivity contribution is 0.611. The first-order chi connectivity index (χ1) is 7.38. The van der Waals surface area contributed by atoms with E-state index in [0.717, 1.165) is 13.0 Å². The SMILES string of the molecule is N#Cc1ncn(CCc2ccncc2)n1. The maximum absolute atomic E-state index is 8.54. The molecule has 0 aromatic carbocycles. The highest BCUT2D eigenvalue weighted by atomic mass is 15.3. The smallest absolute Gasteiger partial charge is 0.252 e. The van der Waals surface area contributed by atoms with Crippen LogP contribution in [0.5, 0.6) is 0 Å². The molecule has 0 fully saturated rings. The number of aryl methyl sites for hydroxylation is 2. The highest BCUT2D eigenvalue weighted by Gasteiger charge is 1.98. The van der Waals surface area contributed by atoms with Gasteiger partial charge >= 0.3 is 0 Å². The van der Waals surface area contributed by atoms with Gasteiger partial charge in [0.15, 0.2) is 0 Å². The van der Waals surface area contributed by atoms with Gasteiger partial charge in [0.25, 0.3) is 5.82 Å². The van der Waals surface area contributed by atoms with E-state index in [2.05, 4.69) is 15.1 Å². The molecule has 0 N–H and O–H groups in total. The molecule has 2 rings (SSSR count). The molecule has 0 saturated heterocycles. The number of aromatic nitrogens is 4. The van der Waals surface area contributed by atoms with Crippen molar-refractivity contribution in [3.63, 3.8) is 0 Å². The van der Waals surface area contributed by atoms with Gasteiger partial charge in [-0.15, -0.1) is 5.10 Å². The fraction of sp³-hybridized carbons (Fsp3) is 0.200. The van der Waals surface area contributed by atoms with E-state index in [-0.39, 0.29) is 5.82 Å². The van der Waals surface area contributed by atoms with Gasteiger partial charge in [-0.3, -0.25) is 9.67 Å². The van der Waals surface area contributed by atoms with Gasteiger partial charge in [0.05, 0.1) is 0 Å². The Morgan fingerprint density at radius 2 is 2.13 bits per heavy atom. The molecule has 0 radical (unpaired) electrons. The minimum Gasteiger partial charge on any atom is -0.265 e. The van der Waals surface area contributed by atoms with Crippen LogP contribution in [0.1, 0.15) is 11.4 Å². The first kappa shape index (κ1) is 9.34. The third kappa shape index (κ3) is 2.38. The van der Waals surface area contributed by atoms with Crippen molar-refractivity contribution in [1.82, 2.24) is 19.7 Å². The van der Waals surface area contributed by atoms with Crippen molar-refractivity contribution >= 4 is 0 Å². The Hall–Kier alpha value is -2.22. The summed E-state index contributed by atoms with van der Waals surface area (Å²) in [7, 11) is 0. The zero-order valence-electron chi connectivity index (χ0n) is 8.04. The van der Waals surface area contributed by atoms with Crippen LogP contribution >= 0.6 is 0 Å². The Morgan fingerprint density at radius 3 is 2.80 bits per heavy atom. The van der Waals surface area contributed by atoms with Crippen molar-refractivity contribution < 1.29 is 0 Å². The first-order valence-electron chi connectivity index (χ1n) is 4.57. The molecule has 0 bridgehead atoms. The molecule has 0 aliphatic carbocycles. The average molecular weight is 199 g/mol. The van der Waals surface area contributed by atoms with Crippen molar-refractivity contribution in [3.8, 4) is 6.07 Å². The number of nitriles is 1. The summed E-state index contributed by atoms with van der Waals surface area (Å²) >= 11 is 0. The molecule has 0 aliphatic rings. The minimum atomic E-state index is 0.213. The van der Waals surface area contributed by atoms with Crippen LogP contribution in [0.2, 0.25) is 0 Å². The van der Waals surface area contributed by atoms with E-state index in [1.165, 1.54) is 5.56 Å². The molecule has 5 heteroatoms. The zero-order valence-corrected chi connectivity index (χ0v) is 8.04. The van der Waals surface area contributed by atoms with E-state index in [4.69, 9.17) is 5.26 Å². The van der Waals surface area contributed by atoms with Gasteiger partial charge in [0.2, 0.25) is 0 Å². The van der Waals surface area contributed by atoms with Gasteiger partial charge in [-0.05, 0) is 24.1 Å². The quantitative estimate of drug-likeness (QED) is 0.732. The predicted octanol–water partition coefficient (Wildman–Crippen LogP) is 0.787. The number of pyridine rings is 1. The second-order valence-corrected chi connectivity index (χ2v) is 3.05. The Labute approximate surface area is 87.0 Å². The topological polar surface area (TPSA) is 67.4 Å². The molecule has 2 heterocycles. The Balaban J connectivity index is 1.97. The van der Waals surface area contributed by atoms with Crippen LogP contribution in [-0.2, 0) is 13.0 Å². The standard InChI is InChI=1S/C10H9N5/c11-7-10-13-8-15(14-10)6-3-9-1-4-12-5-2-9/h1-2,4-5,8H,3,6H2. The summed E-state index contributed by atoms with van der Waals surface area (Å²) in [5, 5.41) is 12.5. The van der Waals surface area contributed by atoms with Gasteiger partial charge in [-0.1, -0.05) is 0 Å². The first-order valence-corrected chi connectivity index (χ1v) is 4.57. The number of hydrogen-bond donors (Lipinski definition) is 0. The molecule has 74 valence electrons. The minimum absolute atomic E-state index is 0.213. The predicted molar refractivity (Wildman–Crippen MR) is 52.7 cm³/mol. The van der Waals surface area contributed by atoms with E-state index in [1.807, 2.05) is 18.2 Å². The molecule has 5 nitrogen and oxygen atoms in total. The van der Waals surface area contributed by atoms with Gasteiger partial charge in [-0.2, -0.15) is 5.26 Å². The second-order valence-electron chi connectivity index (χ2n) is 3.05. The molecule has 0 amide bonds. The summed E-state index contributed by atoms with van der Waals surface area (Å²) in [5.41, 5.74) is 1.19. The van der Waals surface area contributed by atoms with Crippen molar-refractivity contribution in [1.29, 1.82) is 5.26 Å². The normalized spacial score (nSPS) is 9.80. The van der Waals surface area contributed by atoms with E-state index in [9.17, 15) is 0 Å². The van der Waals surface area contributed by atoms with Gasteiger partial charge in [0, 0.05) is 18.9 Å². The Bertz CT molecular complexity index is 468. The fourth-order valence-electron chi connectivity index (χ4n) is 1.25. The van der Waals surface area contributed by atoms with Crippen molar-refractivity contribution in [3.05, 3.63) is 42.2 Å². The molecule has 0 spiro atoms. The van der Waals surface area contributed by atoms with Crippen LogP contribution in [0, 0.1) is 11.3 Å². The van der Waals surface area contributed by atoms with Crippen LogP contribution < -0.4 is 0 Å². The van der Waals surface area contributed by atoms with Gasteiger partial charge < -0.3 is 0 Å². The fourth-order valence-corrected chi connectivity index (χ4v) is 1.25. The van der Waals surface area contributed by atoms with Gasteiger partial charge in [0.1, 0.15) is 12.4 Å². The van der Waals surface area contributed by atoms with E-state index in [0.29, 0.717) is 0 Å². The third-order valence-corrected chi connectivity index (χ3v) is 2.02. The summed E-state index contributed by atoms with van der Waals surface area (Å²) in [4.78, 5) is 7.77. The Kier molecular flexibility index (Phi) is 2.70. The highest BCUT2D eigenvalue weighted by molar-refractivity contribution is 5.10. The summed E-state index contributed by atoms with van der Waals surface area (Å²) < 4.78 is 1.67. The van der Waals surface area contributed by atoms with Crippen LogP contribution in [0.15, 0.2) is 30.9 Å². The summed E-state index contributed by atoms with van der Waals surface area (Å²) in [6, 6.07) is 5.81. The Morgan fingerprint density at radius 1 is 1.33 bits per heavy atom. The van der Waals surface area contributed by atoms with E-state index < -0.39 is 0 Å². The van der Waals surface area contributed by atoms with Crippen LogP contribution in [-0.4, -0.2) is 19.7 Å². The van der Waals surface area contributed by atoms with Crippen LogP contribution in [0.3, 0.4) is 0 Å². The van der Waals surface area contributed by atoms with Gasteiger partial charge in [-0.25, -0.2) is 4.98 Å². The largest absolute Gasteiger partial charge is 0.265 e. The molecule has 2 aromatic rings. The summed E-state index contributed by atoms with van der Waals surface area (Å²) in [6.45, 7) is 0.721. The summed E-state index contributed by atoms with van der Waals surface area (Å²) in [5.74, 6) is 0.213. The zero-order chi connectivity index (χ0) is 10.5. The number of nitrogens with zero attached hydrogens (tertiary/aromatic N) is 5. The molecule has 0 unspecified atom stereocenters. The lowest BCUT2D eigenvalue weighted by Crippen LogP contribution is -2.02. The van der Waals surface area contributed by atoms with Crippen molar-refractivity contribution in [2.45, 2.75) is 13.0 Å². The summed E-state index contributed by atoms with van der Waals surface area (Å²) in [6.07, 6.45) is 5.95. The maximum atomic E-state index is 8.54.